The third-order valence-electron chi connectivity index (χ3n) is 6.37. The molecule has 1 saturated heterocycles. The molecule has 0 aliphatic carbocycles. The molecular formula is C27H34ClN5O2. The quantitative estimate of drug-likeness (QED) is 0.558. The maximum atomic E-state index is 13.4. The van der Waals surface area contributed by atoms with Crippen LogP contribution in [0.4, 0.5) is 0 Å². The van der Waals surface area contributed by atoms with Gasteiger partial charge >= 0.3 is 0 Å². The van der Waals surface area contributed by atoms with Crippen molar-refractivity contribution in [3.63, 3.8) is 0 Å². The van der Waals surface area contributed by atoms with Gasteiger partial charge in [-0.1, -0.05) is 30.3 Å². The minimum absolute atomic E-state index is 0. The SMILES string of the molecule is Cc1nc2ccc(C(=O)N3CCCCNC(c4ccccc4)CC(=O)NCCC3)cc2nc1C.Cl. The van der Waals surface area contributed by atoms with E-state index in [-0.39, 0.29) is 30.3 Å². The first kappa shape index (κ1) is 26.6. The molecule has 186 valence electrons. The minimum atomic E-state index is -0.00880. The molecule has 1 aliphatic rings. The summed E-state index contributed by atoms with van der Waals surface area (Å²) >= 11 is 0. The van der Waals surface area contributed by atoms with Crippen molar-refractivity contribution in [2.75, 3.05) is 26.2 Å². The molecule has 2 N–H and O–H groups in total. The molecule has 1 atom stereocenters. The lowest BCUT2D eigenvalue weighted by atomic mass is 10.0. The van der Waals surface area contributed by atoms with Crippen molar-refractivity contribution in [3.05, 3.63) is 71.0 Å². The van der Waals surface area contributed by atoms with Crippen LogP contribution in [0.1, 0.15) is 59.0 Å². The third kappa shape index (κ3) is 6.99. The second kappa shape index (κ2) is 12.6. The van der Waals surface area contributed by atoms with Crippen LogP contribution in [0, 0.1) is 13.8 Å². The maximum absolute atomic E-state index is 13.4. The molecule has 3 aromatic rings. The highest BCUT2D eigenvalue weighted by molar-refractivity contribution is 5.97. The van der Waals surface area contributed by atoms with Crippen LogP contribution in [0.25, 0.3) is 11.0 Å². The number of rotatable bonds is 2. The molecule has 0 bridgehead atoms. The highest BCUT2D eigenvalue weighted by Gasteiger charge is 2.19. The monoisotopic (exact) mass is 495 g/mol. The average Bonchev–Trinajstić information content (AvgIpc) is 2.86. The van der Waals surface area contributed by atoms with Crippen LogP contribution in [0.2, 0.25) is 0 Å². The zero-order valence-corrected chi connectivity index (χ0v) is 21.2. The number of amides is 2. The Balaban J connectivity index is 0.00000342. The van der Waals surface area contributed by atoms with Gasteiger partial charge in [-0.25, -0.2) is 9.97 Å². The molecule has 1 unspecified atom stereocenters. The zero-order chi connectivity index (χ0) is 23.9. The smallest absolute Gasteiger partial charge is 0.253 e. The van der Waals surface area contributed by atoms with Gasteiger partial charge in [-0.05, 0) is 63.4 Å². The molecule has 8 heteroatoms. The Morgan fingerprint density at radius 3 is 2.40 bits per heavy atom. The summed E-state index contributed by atoms with van der Waals surface area (Å²) in [5, 5.41) is 6.55. The van der Waals surface area contributed by atoms with E-state index >= 15 is 0 Å². The Morgan fingerprint density at radius 2 is 1.63 bits per heavy atom. The van der Waals surface area contributed by atoms with E-state index in [9.17, 15) is 9.59 Å². The van der Waals surface area contributed by atoms with Gasteiger partial charge in [-0.3, -0.25) is 9.59 Å². The van der Waals surface area contributed by atoms with Crippen LogP contribution < -0.4 is 10.6 Å². The van der Waals surface area contributed by atoms with Gasteiger partial charge in [-0.2, -0.15) is 0 Å². The number of hydrogen-bond acceptors (Lipinski definition) is 5. The minimum Gasteiger partial charge on any atom is -0.356 e. The maximum Gasteiger partial charge on any atom is 0.253 e. The number of nitrogens with zero attached hydrogens (tertiary/aromatic N) is 3. The van der Waals surface area contributed by atoms with E-state index in [1.165, 1.54) is 0 Å². The number of halogens is 1. The number of carbonyl (C=O) groups is 2. The third-order valence-corrected chi connectivity index (χ3v) is 6.37. The molecule has 1 aromatic heterocycles. The van der Waals surface area contributed by atoms with Crippen LogP contribution in [0.5, 0.6) is 0 Å². The fraction of sp³-hybridized carbons (Fsp3) is 0.407. The van der Waals surface area contributed by atoms with E-state index < -0.39 is 0 Å². The summed E-state index contributed by atoms with van der Waals surface area (Å²) in [7, 11) is 0. The molecule has 2 heterocycles. The highest BCUT2D eigenvalue weighted by Crippen LogP contribution is 2.18. The van der Waals surface area contributed by atoms with Gasteiger partial charge in [0.15, 0.2) is 0 Å². The molecule has 35 heavy (non-hydrogen) atoms. The number of fused-ring (bicyclic) bond motifs is 1. The number of nitrogens with one attached hydrogen (secondary N) is 2. The van der Waals surface area contributed by atoms with Crippen LogP contribution >= 0.6 is 12.4 Å². The van der Waals surface area contributed by atoms with E-state index in [2.05, 4.69) is 32.7 Å². The van der Waals surface area contributed by atoms with Crippen molar-refractivity contribution < 1.29 is 9.59 Å². The topological polar surface area (TPSA) is 87.2 Å². The lowest BCUT2D eigenvalue weighted by Gasteiger charge is -2.23. The molecular weight excluding hydrogens is 462 g/mol. The summed E-state index contributed by atoms with van der Waals surface area (Å²) in [5.41, 5.74) is 5.05. The Bertz CT molecular complexity index is 1160. The lowest BCUT2D eigenvalue weighted by Crippen LogP contribution is -2.35. The van der Waals surface area contributed by atoms with Crippen LogP contribution in [0.15, 0.2) is 48.5 Å². The summed E-state index contributed by atoms with van der Waals surface area (Å²) < 4.78 is 0. The lowest BCUT2D eigenvalue weighted by molar-refractivity contribution is -0.121. The van der Waals surface area contributed by atoms with Gasteiger partial charge in [-0.15, -0.1) is 12.4 Å². The van der Waals surface area contributed by atoms with Crippen molar-refractivity contribution in [1.82, 2.24) is 25.5 Å². The van der Waals surface area contributed by atoms with Gasteiger partial charge in [0, 0.05) is 37.7 Å². The molecule has 2 amide bonds. The van der Waals surface area contributed by atoms with Crippen molar-refractivity contribution >= 4 is 35.3 Å². The number of benzene rings is 2. The summed E-state index contributed by atoms with van der Waals surface area (Å²) in [5.74, 6) is 0.0236. The van der Waals surface area contributed by atoms with Gasteiger partial charge in [0.25, 0.3) is 5.91 Å². The first-order chi connectivity index (χ1) is 16.5. The first-order valence-corrected chi connectivity index (χ1v) is 12.1. The normalized spacial score (nSPS) is 17.9. The number of aryl methyl sites for hydroxylation is 2. The van der Waals surface area contributed by atoms with Crippen LogP contribution in [-0.4, -0.2) is 52.9 Å². The molecule has 1 fully saturated rings. The highest BCUT2D eigenvalue weighted by atomic mass is 35.5. The Morgan fingerprint density at radius 1 is 0.914 bits per heavy atom. The molecule has 7 nitrogen and oxygen atoms in total. The van der Waals surface area contributed by atoms with Crippen molar-refractivity contribution in [2.45, 2.75) is 45.6 Å². The van der Waals surface area contributed by atoms with Gasteiger partial charge in [0.05, 0.1) is 22.4 Å². The number of carbonyl (C=O) groups excluding carboxylic acids is 2. The molecule has 0 radical (unpaired) electrons. The number of hydrogen-bond donors (Lipinski definition) is 2. The van der Waals surface area contributed by atoms with Gasteiger partial charge < -0.3 is 15.5 Å². The number of aromatic nitrogens is 2. The Labute approximate surface area is 213 Å². The summed E-state index contributed by atoms with van der Waals surface area (Å²) in [4.78, 5) is 37.0. The predicted molar refractivity (Wildman–Crippen MR) is 141 cm³/mol. The van der Waals surface area contributed by atoms with E-state index in [1.807, 2.05) is 55.1 Å². The van der Waals surface area contributed by atoms with E-state index in [0.717, 1.165) is 47.4 Å². The average molecular weight is 496 g/mol. The van der Waals surface area contributed by atoms with Gasteiger partial charge in [0.1, 0.15) is 0 Å². The summed E-state index contributed by atoms with van der Waals surface area (Å²) in [6, 6.07) is 15.6. The van der Waals surface area contributed by atoms with E-state index in [1.54, 1.807) is 0 Å². The predicted octanol–water partition coefficient (Wildman–Crippen LogP) is 4.13. The summed E-state index contributed by atoms with van der Waals surface area (Å²) in [6.45, 7) is 6.49. The van der Waals surface area contributed by atoms with E-state index in [4.69, 9.17) is 0 Å². The fourth-order valence-corrected chi connectivity index (χ4v) is 4.31. The Kier molecular flexibility index (Phi) is 9.57. The van der Waals surface area contributed by atoms with Crippen molar-refractivity contribution in [2.24, 2.45) is 0 Å². The molecule has 4 rings (SSSR count). The molecule has 2 aromatic carbocycles. The van der Waals surface area contributed by atoms with Crippen LogP contribution in [0.3, 0.4) is 0 Å². The van der Waals surface area contributed by atoms with Gasteiger partial charge in [0.2, 0.25) is 5.91 Å². The Hall–Kier alpha value is -3.03. The summed E-state index contributed by atoms with van der Waals surface area (Å²) in [6.07, 6.45) is 2.94. The van der Waals surface area contributed by atoms with Crippen LogP contribution in [-0.2, 0) is 4.79 Å². The zero-order valence-electron chi connectivity index (χ0n) is 20.4. The first-order valence-electron chi connectivity index (χ1n) is 12.1. The fourth-order valence-electron chi connectivity index (χ4n) is 4.31. The van der Waals surface area contributed by atoms with Crippen molar-refractivity contribution in [3.8, 4) is 0 Å². The van der Waals surface area contributed by atoms with E-state index in [0.29, 0.717) is 38.0 Å². The van der Waals surface area contributed by atoms with Crippen molar-refractivity contribution in [1.29, 1.82) is 0 Å². The standard InChI is InChI=1S/C27H33N5O2.ClH/c1-19-20(2)31-25-17-22(11-12-23(25)30-19)27(34)32-15-7-6-13-28-24(21-9-4-3-5-10-21)18-26(33)29-14-8-16-32;/h3-5,9-12,17,24,28H,6-8,13-16,18H2,1-2H3,(H,29,33);1H. The second-order valence-corrected chi connectivity index (χ2v) is 8.92. The molecule has 1 aliphatic heterocycles. The second-order valence-electron chi connectivity index (χ2n) is 8.92. The molecule has 0 spiro atoms. The largest absolute Gasteiger partial charge is 0.356 e. The molecule has 0 saturated carbocycles.